The van der Waals surface area contributed by atoms with Crippen molar-refractivity contribution in [2.45, 2.75) is 20.3 Å². The first-order valence-corrected chi connectivity index (χ1v) is 7.30. The highest BCUT2D eigenvalue weighted by Crippen LogP contribution is 2.15. The average molecular weight is 421 g/mol. The molecule has 0 saturated heterocycles. The van der Waals surface area contributed by atoms with Gasteiger partial charge in [0.2, 0.25) is 0 Å². The summed E-state index contributed by atoms with van der Waals surface area (Å²) in [4.78, 5) is 4.16. The van der Waals surface area contributed by atoms with Crippen LogP contribution >= 0.6 is 24.0 Å². The Morgan fingerprint density at radius 1 is 1.05 bits per heavy atom. The van der Waals surface area contributed by atoms with Crippen molar-refractivity contribution < 1.29 is 9.47 Å². The van der Waals surface area contributed by atoms with Gasteiger partial charge in [-0.25, -0.2) is 0 Å². The quantitative estimate of drug-likeness (QED) is 0.293. The van der Waals surface area contributed by atoms with Gasteiger partial charge in [0.25, 0.3) is 0 Å². The zero-order valence-electron chi connectivity index (χ0n) is 13.9. The first-order valence-electron chi connectivity index (χ1n) is 7.30. The Balaban J connectivity index is 0.00000441. The molecule has 6 heteroatoms. The molecule has 0 heterocycles. The molecule has 0 bridgehead atoms. The van der Waals surface area contributed by atoms with E-state index >= 15 is 0 Å². The van der Waals surface area contributed by atoms with Gasteiger partial charge >= 0.3 is 0 Å². The Kier molecular flexibility index (Phi) is 11.9. The molecule has 0 spiro atoms. The maximum atomic E-state index is 5.74. The smallest absolute Gasteiger partial charge is 0.191 e. The zero-order valence-corrected chi connectivity index (χ0v) is 16.3. The molecule has 2 N–H and O–H groups in total. The molecule has 5 nitrogen and oxygen atoms in total. The number of nitrogens with one attached hydrogen (secondary N) is 2. The van der Waals surface area contributed by atoms with Crippen LogP contribution in [0.2, 0.25) is 0 Å². The van der Waals surface area contributed by atoms with Crippen molar-refractivity contribution in [2.75, 3.05) is 40.5 Å². The standard InChI is InChI=1S/C16H27N3O2.HI/c1-13-10-14(2)12-15(11-13)21-9-7-19-16(17-3)18-6-5-8-20-4;/h10-12H,5-9H2,1-4H3,(H2,17,18,19);1H. The summed E-state index contributed by atoms with van der Waals surface area (Å²) in [5, 5.41) is 6.44. The molecule has 0 atom stereocenters. The van der Waals surface area contributed by atoms with Gasteiger partial charge in [-0.05, 0) is 43.5 Å². The average Bonchev–Trinajstić information content (AvgIpc) is 2.44. The Morgan fingerprint density at radius 3 is 2.27 bits per heavy atom. The third-order valence-corrected chi connectivity index (χ3v) is 2.90. The molecule has 0 fully saturated rings. The van der Waals surface area contributed by atoms with E-state index in [1.165, 1.54) is 11.1 Å². The summed E-state index contributed by atoms with van der Waals surface area (Å²) >= 11 is 0. The summed E-state index contributed by atoms with van der Waals surface area (Å²) in [6.07, 6.45) is 0.955. The molecule has 0 aliphatic heterocycles. The number of aliphatic imine (C=N–C) groups is 1. The predicted octanol–water partition coefficient (Wildman–Crippen LogP) is 2.50. The highest BCUT2D eigenvalue weighted by atomic mass is 127. The van der Waals surface area contributed by atoms with E-state index in [0.29, 0.717) is 13.2 Å². The Bertz CT molecular complexity index is 433. The lowest BCUT2D eigenvalue weighted by molar-refractivity contribution is 0.195. The van der Waals surface area contributed by atoms with Crippen LogP contribution in [-0.4, -0.2) is 46.4 Å². The number of nitrogens with zero attached hydrogens (tertiary/aromatic N) is 1. The van der Waals surface area contributed by atoms with E-state index in [2.05, 4.69) is 35.5 Å². The lowest BCUT2D eigenvalue weighted by Crippen LogP contribution is -2.39. The van der Waals surface area contributed by atoms with Gasteiger partial charge in [-0.2, -0.15) is 0 Å². The van der Waals surface area contributed by atoms with Crippen molar-refractivity contribution in [3.8, 4) is 5.75 Å². The van der Waals surface area contributed by atoms with Crippen LogP contribution in [0.3, 0.4) is 0 Å². The molecule has 1 aromatic rings. The SMILES string of the molecule is CN=C(NCCCOC)NCCOc1cc(C)cc(C)c1.I. The molecule has 0 amide bonds. The Hall–Kier alpha value is -1.02. The molecule has 0 aromatic heterocycles. The van der Waals surface area contributed by atoms with Crippen molar-refractivity contribution in [1.29, 1.82) is 0 Å². The van der Waals surface area contributed by atoms with Crippen LogP contribution in [0.4, 0.5) is 0 Å². The van der Waals surface area contributed by atoms with Crippen LogP contribution in [0.1, 0.15) is 17.5 Å². The number of methoxy groups -OCH3 is 1. The highest BCUT2D eigenvalue weighted by Gasteiger charge is 1.99. The fourth-order valence-electron chi connectivity index (χ4n) is 2.00. The molecular formula is C16H28IN3O2. The normalized spacial score (nSPS) is 10.8. The van der Waals surface area contributed by atoms with E-state index in [1.807, 2.05) is 12.1 Å². The summed E-state index contributed by atoms with van der Waals surface area (Å²) in [7, 11) is 3.47. The second-order valence-corrected chi connectivity index (χ2v) is 4.94. The largest absolute Gasteiger partial charge is 0.492 e. The van der Waals surface area contributed by atoms with E-state index < -0.39 is 0 Å². The maximum absolute atomic E-state index is 5.74. The summed E-state index contributed by atoms with van der Waals surface area (Å²) in [6, 6.07) is 6.23. The third kappa shape index (κ3) is 9.09. The first kappa shape index (κ1) is 21.0. The van der Waals surface area contributed by atoms with Gasteiger partial charge in [-0.15, -0.1) is 24.0 Å². The van der Waals surface area contributed by atoms with Gasteiger partial charge < -0.3 is 20.1 Å². The summed E-state index contributed by atoms with van der Waals surface area (Å²) < 4.78 is 10.7. The number of benzene rings is 1. The topological polar surface area (TPSA) is 54.9 Å². The van der Waals surface area contributed by atoms with Gasteiger partial charge in [-0.3, -0.25) is 4.99 Å². The van der Waals surface area contributed by atoms with Crippen LogP contribution in [0.15, 0.2) is 23.2 Å². The predicted molar refractivity (Wildman–Crippen MR) is 103 cm³/mol. The Morgan fingerprint density at radius 2 is 1.68 bits per heavy atom. The number of aryl methyl sites for hydroxylation is 2. The van der Waals surface area contributed by atoms with E-state index in [-0.39, 0.29) is 24.0 Å². The molecule has 0 saturated carbocycles. The molecule has 0 aliphatic rings. The van der Waals surface area contributed by atoms with Crippen LogP contribution in [-0.2, 0) is 4.74 Å². The van der Waals surface area contributed by atoms with Gasteiger partial charge in [0.1, 0.15) is 12.4 Å². The van der Waals surface area contributed by atoms with Gasteiger partial charge in [-0.1, -0.05) is 6.07 Å². The first-order chi connectivity index (χ1) is 10.2. The lowest BCUT2D eigenvalue weighted by atomic mass is 10.1. The van der Waals surface area contributed by atoms with E-state index in [9.17, 15) is 0 Å². The van der Waals surface area contributed by atoms with Crippen LogP contribution in [0, 0.1) is 13.8 Å². The number of guanidine groups is 1. The van der Waals surface area contributed by atoms with E-state index in [0.717, 1.165) is 31.3 Å². The number of rotatable bonds is 8. The summed E-state index contributed by atoms with van der Waals surface area (Å²) in [5.74, 6) is 1.70. The second kappa shape index (κ2) is 12.5. The van der Waals surface area contributed by atoms with Crippen LogP contribution < -0.4 is 15.4 Å². The number of halogens is 1. The monoisotopic (exact) mass is 421 g/mol. The molecule has 1 rings (SSSR count). The second-order valence-electron chi connectivity index (χ2n) is 4.94. The number of hydrogen-bond acceptors (Lipinski definition) is 3. The lowest BCUT2D eigenvalue weighted by Gasteiger charge is -2.13. The maximum Gasteiger partial charge on any atom is 0.191 e. The summed E-state index contributed by atoms with van der Waals surface area (Å²) in [6.45, 7) is 7.04. The Labute approximate surface area is 150 Å². The van der Waals surface area contributed by atoms with Gasteiger partial charge in [0.15, 0.2) is 5.96 Å². The molecule has 126 valence electrons. The minimum atomic E-state index is 0. The van der Waals surface area contributed by atoms with Crippen LogP contribution in [0.25, 0.3) is 0 Å². The highest BCUT2D eigenvalue weighted by molar-refractivity contribution is 14.0. The van der Waals surface area contributed by atoms with E-state index in [4.69, 9.17) is 9.47 Å². The van der Waals surface area contributed by atoms with Crippen molar-refractivity contribution in [3.05, 3.63) is 29.3 Å². The third-order valence-electron chi connectivity index (χ3n) is 2.90. The minimum absolute atomic E-state index is 0. The zero-order chi connectivity index (χ0) is 15.5. The number of hydrogen-bond donors (Lipinski definition) is 2. The molecule has 0 aliphatic carbocycles. The fourth-order valence-corrected chi connectivity index (χ4v) is 2.00. The fraction of sp³-hybridized carbons (Fsp3) is 0.562. The van der Waals surface area contributed by atoms with Crippen molar-refractivity contribution in [1.82, 2.24) is 10.6 Å². The minimum Gasteiger partial charge on any atom is -0.492 e. The molecular weight excluding hydrogens is 393 g/mol. The van der Waals surface area contributed by atoms with Gasteiger partial charge in [0.05, 0.1) is 6.54 Å². The van der Waals surface area contributed by atoms with Crippen LogP contribution in [0.5, 0.6) is 5.75 Å². The molecule has 0 unspecified atom stereocenters. The molecule has 1 aromatic carbocycles. The summed E-state index contributed by atoms with van der Waals surface area (Å²) in [5.41, 5.74) is 2.43. The van der Waals surface area contributed by atoms with Crippen molar-refractivity contribution in [3.63, 3.8) is 0 Å². The number of ether oxygens (including phenoxy) is 2. The van der Waals surface area contributed by atoms with E-state index in [1.54, 1.807) is 14.2 Å². The molecule has 0 radical (unpaired) electrons. The van der Waals surface area contributed by atoms with Crippen molar-refractivity contribution >= 4 is 29.9 Å². The van der Waals surface area contributed by atoms with Gasteiger partial charge in [0, 0.05) is 27.3 Å². The van der Waals surface area contributed by atoms with Crippen molar-refractivity contribution in [2.24, 2.45) is 4.99 Å². The molecule has 22 heavy (non-hydrogen) atoms.